The van der Waals surface area contributed by atoms with Crippen LogP contribution in [0.1, 0.15) is 21.9 Å². The summed E-state index contributed by atoms with van der Waals surface area (Å²) in [7, 11) is 1.82. The molecule has 0 atom stereocenters. The van der Waals surface area contributed by atoms with Gasteiger partial charge < -0.3 is 15.5 Å². The molecule has 0 aliphatic heterocycles. The number of aromatic nitrogens is 2. The van der Waals surface area contributed by atoms with Crippen LogP contribution in [0.25, 0.3) is 0 Å². The van der Waals surface area contributed by atoms with E-state index in [1.165, 1.54) is 0 Å². The van der Waals surface area contributed by atoms with Crippen LogP contribution in [-0.2, 0) is 20.1 Å². The van der Waals surface area contributed by atoms with Crippen molar-refractivity contribution < 1.29 is 9.21 Å². The standard InChI is InChI=1S/C11H14N4O2/c1-15-7-8(6-14-15)5-13-11(16)10-3-2-9(4-12)17-10/h2-3,6-7H,4-5,12H2,1H3,(H,13,16). The third kappa shape index (κ3) is 2.73. The van der Waals surface area contributed by atoms with Crippen molar-refractivity contribution in [2.24, 2.45) is 12.8 Å². The van der Waals surface area contributed by atoms with Crippen molar-refractivity contribution in [1.29, 1.82) is 0 Å². The smallest absolute Gasteiger partial charge is 0.287 e. The maximum Gasteiger partial charge on any atom is 0.287 e. The van der Waals surface area contributed by atoms with E-state index in [0.717, 1.165) is 5.56 Å². The number of hydrogen-bond acceptors (Lipinski definition) is 4. The Kier molecular flexibility index (Phi) is 3.24. The third-order valence-electron chi connectivity index (χ3n) is 2.30. The van der Waals surface area contributed by atoms with Gasteiger partial charge in [0, 0.05) is 25.4 Å². The minimum Gasteiger partial charge on any atom is -0.455 e. The lowest BCUT2D eigenvalue weighted by Gasteiger charge is -2.00. The number of carbonyl (C=O) groups is 1. The zero-order valence-corrected chi connectivity index (χ0v) is 9.51. The van der Waals surface area contributed by atoms with Gasteiger partial charge in [0.25, 0.3) is 5.91 Å². The molecular weight excluding hydrogens is 220 g/mol. The number of aryl methyl sites for hydroxylation is 1. The molecule has 0 aliphatic rings. The number of rotatable bonds is 4. The van der Waals surface area contributed by atoms with Crippen LogP contribution >= 0.6 is 0 Å². The van der Waals surface area contributed by atoms with Crippen LogP contribution in [-0.4, -0.2) is 15.7 Å². The van der Waals surface area contributed by atoms with Crippen LogP contribution in [0.5, 0.6) is 0 Å². The van der Waals surface area contributed by atoms with E-state index in [1.54, 1.807) is 23.0 Å². The first kappa shape index (κ1) is 11.4. The molecule has 2 aromatic heterocycles. The Morgan fingerprint density at radius 2 is 2.41 bits per heavy atom. The maximum atomic E-state index is 11.7. The predicted octanol–water partition coefficient (Wildman–Crippen LogP) is 0.402. The number of carbonyl (C=O) groups excluding carboxylic acids is 1. The van der Waals surface area contributed by atoms with Crippen molar-refractivity contribution in [3.05, 3.63) is 41.6 Å². The summed E-state index contributed by atoms with van der Waals surface area (Å²) in [5.74, 6) is 0.611. The van der Waals surface area contributed by atoms with E-state index >= 15 is 0 Å². The molecular formula is C11H14N4O2. The Bertz CT molecular complexity index is 515. The molecule has 0 unspecified atom stereocenters. The van der Waals surface area contributed by atoms with Gasteiger partial charge >= 0.3 is 0 Å². The van der Waals surface area contributed by atoms with Gasteiger partial charge in [0.05, 0.1) is 12.7 Å². The summed E-state index contributed by atoms with van der Waals surface area (Å²) in [4.78, 5) is 11.7. The van der Waals surface area contributed by atoms with Gasteiger partial charge in [0.1, 0.15) is 5.76 Å². The summed E-state index contributed by atoms with van der Waals surface area (Å²) in [6, 6.07) is 3.31. The second-order valence-corrected chi connectivity index (χ2v) is 3.68. The van der Waals surface area contributed by atoms with Crippen LogP contribution < -0.4 is 11.1 Å². The molecule has 0 aliphatic carbocycles. The predicted molar refractivity (Wildman–Crippen MR) is 61.0 cm³/mol. The molecule has 3 N–H and O–H groups in total. The molecule has 0 saturated carbocycles. The van der Waals surface area contributed by atoms with E-state index in [4.69, 9.17) is 10.2 Å². The minimum atomic E-state index is -0.256. The van der Waals surface area contributed by atoms with Gasteiger partial charge in [-0.3, -0.25) is 9.48 Å². The highest BCUT2D eigenvalue weighted by atomic mass is 16.4. The fourth-order valence-electron chi connectivity index (χ4n) is 1.44. The number of nitrogens with two attached hydrogens (primary N) is 1. The lowest BCUT2D eigenvalue weighted by molar-refractivity contribution is 0.0921. The fraction of sp³-hybridized carbons (Fsp3) is 0.273. The summed E-state index contributed by atoms with van der Waals surface area (Å²) in [5.41, 5.74) is 6.33. The van der Waals surface area contributed by atoms with Crippen LogP contribution in [0.15, 0.2) is 28.9 Å². The van der Waals surface area contributed by atoms with Gasteiger partial charge in [0.15, 0.2) is 5.76 Å². The minimum absolute atomic E-state index is 0.256. The summed E-state index contributed by atoms with van der Waals surface area (Å²) in [6.45, 7) is 0.710. The Balaban J connectivity index is 1.93. The van der Waals surface area contributed by atoms with Crippen molar-refractivity contribution in [3.8, 4) is 0 Å². The molecule has 1 amide bonds. The van der Waals surface area contributed by atoms with Crippen molar-refractivity contribution in [1.82, 2.24) is 15.1 Å². The molecule has 0 aromatic carbocycles. The zero-order chi connectivity index (χ0) is 12.3. The summed E-state index contributed by atoms with van der Waals surface area (Å²) < 4.78 is 6.91. The Labute approximate surface area is 98.4 Å². The van der Waals surface area contributed by atoms with Gasteiger partial charge in [-0.05, 0) is 12.1 Å². The van der Waals surface area contributed by atoms with Gasteiger partial charge in [-0.15, -0.1) is 0 Å². The molecule has 6 heteroatoms. The quantitative estimate of drug-likeness (QED) is 0.801. The van der Waals surface area contributed by atoms with E-state index in [9.17, 15) is 4.79 Å². The van der Waals surface area contributed by atoms with Crippen molar-refractivity contribution in [3.63, 3.8) is 0 Å². The van der Waals surface area contributed by atoms with E-state index < -0.39 is 0 Å². The van der Waals surface area contributed by atoms with Crippen molar-refractivity contribution in [2.75, 3.05) is 0 Å². The molecule has 6 nitrogen and oxygen atoms in total. The Morgan fingerprint density at radius 1 is 1.59 bits per heavy atom. The van der Waals surface area contributed by atoms with Crippen LogP contribution in [0.2, 0.25) is 0 Å². The van der Waals surface area contributed by atoms with E-state index in [0.29, 0.717) is 12.3 Å². The number of furan rings is 1. The molecule has 90 valence electrons. The first-order valence-electron chi connectivity index (χ1n) is 5.23. The van der Waals surface area contributed by atoms with Crippen LogP contribution in [0.3, 0.4) is 0 Å². The van der Waals surface area contributed by atoms with E-state index in [1.807, 2.05) is 13.2 Å². The highest BCUT2D eigenvalue weighted by molar-refractivity contribution is 5.91. The second-order valence-electron chi connectivity index (χ2n) is 3.68. The van der Waals surface area contributed by atoms with E-state index in [2.05, 4.69) is 10.4 Å². The first-order chi connectivity index (χ1) is 8.19. The van der Waals surface area contributed by atoms with Crippen molar-refractivity contribution >= 4 is 5.91 Å². The molecule has 2 rings (SSSR count). The average molecular weight is 234 g/mol. The molecule has 17 heavy (non-hydrogen) atoms. The summed E-state index contributed by atoms with van der Waals surface area (Å²) >= 11 is 0. The molecule has 0 bridgehead atoms. The van der Waals surface area contributed by atoms with Crippen molar-refractivity contribution in [2.45, 2.75) is 13.1 Å². The largest absolute Gasteiger partial charge is 0.455 e. The molecule has 0 spiro atoms. The fourth-order valence-corrected chi connectivity index (χ4v) is 1.44. The molecule has 0 radical (unpaired) electrons. The first-order valence-corrected chi connectivity index (χ1v) is 5.23. The van der Waals surface area contributed by atoms with E-state index in [-0.39, 0.29) is 18.2 Å². The Hall–Kier alpha value is -2.08. The lowest BCUT2D eigenvalue weighted by atomic mass is 10.3. The highest BCUT2D eigenvalue weighted by Crippen LogP contribution is 2.07. The highest BCUT2D eigenvalue weighted by Gasteiger charge is 2.10. The van der Waals surface area contributed by atoms with Gasteiger partial charge in [0.2, 0.25) is 0 Å². The SMILES string of the molecule is Cn1cc(CNC(=O)c2ccc(CN)o2)cn1. The number of nitrogens with zero attached hydrogens (tertiary/aromatic N) is 2. The maximum absolute atomic E-state index is 11.7. The number of nitrogens with one attached hydrogen (secondary N) is 1. The number of amides is 1. The van der Waals surface area contributed by atoms with Crippen LogP contribution in [0, 0.1) is 0 Å². The topological polar surface area (TPSA) is 86.1 Å². The second kappa shape index (κ2) is 4.84. The normalized spacial score (nSPS) is 10.5. The molecule has 0 fully saturated rings. The molecule has 0 saturated heterocycles. The number of hydrogen-bond donors (Lipinski definition) is 2. The lowest BCUT2D eigenvalue weighted by Crippen LogP contribution is -2.22. The summed E-state index contributed by atoms with van der Waals surface area (Å²) in [6.07, 6.45) is 3.54. The van der Waals surface area contributed by atoms with Gasteiger partial charge in [-0.2, -0.15) is 5.10 Å². The third-order valence-corrected chi connectivity index (χ3v) is 2.30. The Morgan fingerprint density at radius 3 is 3.00 bits per heavy atom. The summed E-state index contributed by atoms with van der Waals surface area (Å²) in [5, 5.41) is 6.75. The molecule has 2 aromatic rings. The molecule has 2 heterocycles. The monoisotopic (exact) mass is 234 g/mol. The zero-order valence-electron chi connectivity index (χ0n) is 9.51. The van der Waals surface area contributed by atoms with Gasteiger partial charge in [-0.25, -0.2) is 0 Å². The van der Waals surface area contributed by atoms with Gasteiger partial charge in [-0.1, -0.05) is 0 Å². The average Bonchev–Trinajstić information content (AvgIpc) is 2.94. The van der Waals surface area contributed by atoms with Crippen LogP contribution in [0.4, 0.5) is 0 Å².